The molecule has 2 bridgehead atoms. The Labute approximate surface area is 155 Å². The number of benzene rings is 1. The van der Waals surface area contributed by atoms with Crippen LogP contribution in [-0.4, -0.2) is 46.0 Å². The van der Waals surface area contributed by atoms with Gasteiger partial charge in [-0.15, -0.1) is 12.4 Å². The molecule has 5 heteroatoms. The van der Waals surface area contributed by atoms with E-state index in [2.05, 4.69) is 40.5 Å². The van der Waals surface area contributed by atoms with Crippen molar-refractivity contribution in [3.8, 4) is 0 Å². The van der Waals surface area contributed by atoms with Gasteiger partial charge >= 0.3 is 0 Å². The fraction of sp³-hybridized carbons (Fsp3) is 0.550. The highest BCUT2D eigenvalue weighted by atomic mass is 35.5. The third kappa shape index (κ3) is 2.42. The molecule has 4 nitrogen and oxygen atoms in total. The summed E-state index contributed by atoms with van der Waals surface area (Å²) in [5.74, 6) is 0.931. The molecule has 1 aromatic carbocycles. The number of carbonyl (C=O) groups is 1. The minimum Gasteiger partial charge on any atom is -0.345 e. The van der Waals surface area contributed by atoms with Crippen LogP contribution >= 0.6 is 12.4 Å². The summed E-state index contributed by atoms with van der Waals surface area (Å²) in [6.45, 7) is 8.69. The predicted octanol–water partition coefficient (Wildman–Crippen LogP) is 3.69. The Morgan fingerprint density at radius 2 is 1.92 bits per heavy atom. The molecule has 4 aliphatic rings. The lowest BCUT2D eigenvalue weighted by atomic mass is 9.82. The van der Waals surface area contributed by atoms with Crippen LogP contribution in [0.2, 0.25) is 0 Å². The lowest BCUT2D eigenvalue weighted by Crippen LogP contribution is -2.58. The highest BCUT2D eigenvalue weighted by Gasteiger charge is 2.41. The molecule has 1 aromatic heterocycles. The summed E-state index contributed by atoms with van der Waals surface area (Å²) in [7, 11) is 0. The maximum atomic E-state index is 13.3. The number of halogens is 1. The highest BCUT2D eigenvalue weighted by Crippen LogP contribution is 2.38. The summed E-state index contributed by atoms with van der Waals surface area (Å²) in [5.41, 5.74) is 3.44. The van der Waals surface area contributed by atoms with Crippen molar-refractivity contribution in [2.75, 3.05) is 19.6 Å². The molecular weight excluding hydrogens is 334 g/mol. The third-order valence-corrected chi connectivity index (χ3v) is 6.35. The van der Waals surface area contributed by atoms with Crippen LogP contribution in [0.1, 0.15) is 48.7 Å². The van der Waals surface area contributed by atoms with Crippen LogP contribution in [0.25, 0.3) is 10.9 Å². The molecule has 6 rings (SSSR count). The van der Waals surface area contributed by atoms with E-state index >= 15 is 0 Å². The lowest BCUT2D eigenvalue weighted by molar-refractivity contribution is 0.00406. The SMILES string of the molecule is CC(C)n1cc2c3c(cccc31)C(=O)N([C@H]1CN3CCC1CC3)C2.Cl. The smallest absolute Gasteiger partial charge is 0.255 e. The minimum atomic E-state index is 0. The molecule has 4 aliphatic heterocycles. The Hall–Kier alpha value is -1.52. The zero-order valence-corrected chi connectivity index (χ0v) is 15.8. The molecule has 25 heavy (non-hydrogen) atoms. The van der Waals surface area contributed by atoms with Gasteiger partial charge in [0.25, 0.3) is 5.91 Å². The van der Waals surface area contributed by atoms with Crippen molar-refractivity contribution in [2.24, 2.45) is 5.92 Å². The van der Waals surface area contributed by atoms with Crippen LogP contribution in [0.3, 0.4) is 0 Å². The van der Waals surface area contributed by atoms with Gasteiger partial charge in [-0.3, -0.25) is 4.79 Å². The van der Waals surface area contributed by atoms with E-state index < -0.39 is 0 Å². The molecule has 0 spiro atoms. The van der Waals surface area contributed by atoms with Crippen molar-refractivity contribution in [1.29, 1.82) is 0 Å². The third-order valence-electron chi connectivity index (χ3n) is 6.35. The summed E-state index contributed by atoms with van der Waals surface area (Å²) < 4.78 is 2.32. The second kappa shape index (κ2) is 6.03. The molecule has 2 aromatic rings. The van der Waals surface area contributed by atoms with Gasteiger partial charge in [0, 0.05) is 47.8 Å². The van der Waals surface area contributed by atoms with Crippen LogP contribution in [0, 0.1) is 5.92 Å². The van der Waals surface area contributed by atoms with Gasteiger partial charge in [0.05, 0.1) is 0 Å². The van der Waals surface area contributed by atoms with Gasteiger partial charge in [-0.1, -0.05) is 6.07 Å². The van der Waals surface area contributed by atoms with Gasteiger partial charge in [-0.05, 0) is 63.4 Å². The topological polar surface area (TPSA) is 28.5 Å². The number of fused-ring (bicyclic) bond motifs is 3. The lowest BCUT2D eigenvalue weighted by Gasteiger charge is -2.49. The summed E-state index contributed by atoms with van der Waals surface area (Å²) in [6.07, 6.45) is 4.77. The van der Waals surface area contributed by atoms with Gasteiger partial charge in [0.2, 0.25) is 0 Å². The summed E-state index contributed by atoms with van der Waals surface area (Å²) in [6, 6.07) is 7.02. The number of hydrogen-bond acceptors (Lipinski definition) is 2. The van der Waals surface area contributed by atoms with E-state index in [0.717, 1.165) is 18.7 Å². The van der Waals surface area contributed by atoms with E-state index in [1.54, 1.807) is 0 Å². The fourth-order valence-corrected chi connectivity index (χ4v) is 5.08. The molecule has 0 saturated carbocycles. The van der Waals surface area contributed by atoms with Crippen molar-refractivity contribution >= 4 is 29.2 Å². The minimum absolute atomic E-state index is 0. The molecule has 0 N–H and O–H groups in total. The number of carbonyl (C=O) groups excluding carboxylic acids is 1. The first-order valence-electron chi connectivity index (χ1n) is 9.29. The van der Waals surface area contributed by atoms with Crippen LogP contribution in [-0.2, 0) is 6.54 Å². The van der Waals surface area contributed by atoms with Gasteiger partial charge in [-0.25, -0.2) is 0 Å². The Morgan fingerprint density at radius 1 is 1.16 bits per heavy atom. The van der Waals surface area contributed by atoms with Crippen molar-refractivity contribution in [1.82, 2.24) is 14.4 Å². The molecule has 1 amide bonds. The quantitative estimate of drug-likeness (QED) is 0.818. The standard InChI is InChI=1S/C20H25N3O.ClH/c1-13(2)22-10-15-11-23(18-12-21-8-6-14(18)7-9-21)20(24)16-4-3-5-17(22)19(15)16;/h3-5,10,13-14,18H,6-9,11-12H2,1-2H3;1H/t18-;/m0./s1. The Kier molecular flexibility index (Phi) is 4.08. The van der Waals surface area contributed by atoms with Crippen LogP contribution in [0.4, 0.5) is 0 Å². The number of amides is 1. The Balaban J connectivity index is 0.00000157. The number of rotatable bonds is 2. The van der Waals surface area contributed by atoms with Gasteiger partial charge in [0.15, 0.2) is 0 Å². The maximum absolute atomic E-state index is 13.3. The number of aromatic nitrogens is 1. The monoisotopic (exact) mass is 359 g/mol. The second-order valence-corrected chi connectivity index (χ2v) is 7.99. The molecule has 3 fully saturated rings. The fourth-order valence-electron chi connectivity index (χ4n) is 5.08. The van der Waals surface area contributed by atoms with E-state index in [1.807, 2.05) is 12.1 Å². The van der Waals surface area contributed by atoms with E-state index in [4.69, 9.17) is 0 Å². The molecule has 0 aliphatic carbocycles. The molecule has 0 radical (unpaired) electrons. The van der Waals surface area contributed by atoms with E-state index in [9.17, 15) is 4.79 Å². The van der Waals surface area contributed by atoms with E-state index in [1.165, 1.54) is 42.4 Å². The maximum Gasteiger partial charge on any atom is 0.255 e. The molecule has 3 saturated heterocycles. The first-order chi connectivity index (χ1) is 11.6. The van der Waals surface area contributed by atoms with E-state index in [-0.39, 0.29) is 18.3 Å². The van der Waals surface area contributed by atoms with Gasteiger partial charge in [0.1, 0.15) is 0 Å². The molecule has 0 unspecified atom stereocenters. The summed E-state index contributed by atoms with van der Waals surface area (Å²) >= 11 is 0. The predicted molar refractivity (Wildman–Crippen MR) is 102 cm³/mol. The molecule has 5 heterocycles. The summed E-state index contributed by atoms with van der Waals surface area (Å²) in [5, 5.41) is 1.19. The number of piperidine rings is 3. The van der Waals surface area contributed by atoms with Gasteiger partial charge < -0.3 is 14.4 Å². The largest absolute Gasteiger partial charge is 0.345 e. The van der Waals surface area contributed by atoms with Crippen molar-refractivity contribution in [2.45, 2.75) is 45.3 Å². The second-order valence-electron chi connectivity index (χ2n) is 7.99. The normalized spacial score (nSPS) is 27.9. The Morgan fingerprint density at radius 3 is 2.56 bits per heavy atom. The van der Waals surface area contributed by atoms with Crippen molar-refractivity contribution in [3.05, 3.63) is 35.5 Å². The van der Waals surface area contributed by atoms with Crippen LogP contribution in [0.5, 0.6) is 0 Å². The molecule has 134 valence electrons. The summed E-state index contributed by atoms with van der Waals surface area (Å²) in [4.78, 5) is 18.0. The first kappa shape index (κ1) is 16.9. The Bertz CT molecular complexity index is 820. The highest BCUT2D eigenvalue weighted by molar-refractivity contribution is 6.09. The zero-order valence-electron chi connectivity index (χ0n) is 14.9. The zero-order chi connectivity index (χ0) is 16.4. The van der Waals surface area contributed by atoms with Gasteiger partial charge in [-0.2, -0.15) is 0 Å². The van der Waals surface area contributed by atoms with E-state index in [0.29, 0.717) is 18.0 Å². The number of nitrogens with zero attached hydrogens (tertiary/aromatic N) is 3. The average Bonchev–Trinajstić information content (AvgIpc) is 2.99. The van der Waals surface area contributed by atoms with Crippen LogP contribution in [0.15, 0.2) is 24.4 Å². The van der Waals surface area contributed by atoms with Crippen molar-refractivity contribution < 1.29 is 4.79 Å². The van der Waals surface area contributed by atoms with Crippen molar-refractivity contribution in [3.63, 3.8) is 0 Å². The van der Waals surface area contributed by atoms with Crippen LogP contribution < -0.4 is 0 Å². The number of hydrogen-bond donors (Lipinski definition) is 0. The average molecular weight is 360 g/mol. The molecule has 1 atom stereocenters. The first-order valence-corrected chi connectivity index (χ1v) is 9.29. The molecular formula is C20H26ClN3O.